The van der Waals surface area contributed by atoms with Gasteiger partial charge in [-0.25, -0.2) is 9.59 Å². The molecule has 5 nitrogen and oxygen atoms in total. The first-order chi connectivity index (χ1) is 11.6. The summed E-state index contributed by atoms with van der Waals surface area (Å²) in [6.07, 6.45) is 2.80. The Balaban J connectivity index is 2.56. The minimum atomic E-state index is -0.499. The fourth-order valence-electron chi connectivity index (χ4n) is 2.28. The van der Waals surface area contributed by atoms with E-state index in [1.807, 2.05) is 36.4 Å². The molecule has 0 aliphatic rings. The molecule has 124 valence electrons. The van der Waals surface area contributed by atoms with Gasteiger partial charge in [-0.3, -0.25) is 0 Å². The Labute approximate surface area is 140 Å². The smallest absolute Gasteiger partial charge is 0.339 e. The average Bonchev–Trinajstić information content (AvgIpc) is 2.65. The molecule has 2 rings (SSSR count). The molecule has 0 amide bonds. The van der Waals surface area contributed by atoms with Crippen molar-refractivity contribution in [2.45, 2.75) is 0 Å². The molecule has 0 N–H and O–H groups in total. The minimum Gasteiger partial charge on any atom is -0.497 e. The number of esters is 2. The van der Waals surface area contributed by atoms with Crippen LogP contribution in [0.4, 0.5) is 0 Å². The van der Waals surface area contributed by atoms with Gasteiger partial charge in [-0.2, -0.15) is 0 Å². The molecule has 0 unspecified atom stereocenters. The molecule has 0 aliphatic carbocycles. The zero-order chi connectivity index (χ0) is 17.5. The van der Waals surface area contributed by atoms with E-state index in [4.69, 9.17) is 9.47 Å². The molecule has 0 bridgehead atoms. The lowest BCUT2D eigenvalue weighted by Crippen LogP contribution is -2.06. The van der Waals surface area contributed by atoms with Crippen molar-refractivity contribution in [3.05, 3.63) is 59.7 Å². The maximum absolute atomic E-state index is 12.3. The number of hydrogen-bond acceptors (Lipinski definition) is 5. The van der Waals surface area contributed by atoms with Gasteiger partial charge in [0.05, 0.1) is 26.9 Å². The molecule has 0 radical (unpaired) electrons. The van der Waals surface area contributed by atoms with Crippen molar-refractivity contribution in [2.24, 2.45) is 0 Å². The molecule has 5 heteroatoms. The number of rotatable bonds is 5. The zero-order valence-electron chi connectivity index (χ0n) is 13.7. The Morgan fingerprint density at radius 2 is 1.62 bits per heavy atom. The minimum absolute atomic E-state index is 0.380. The second kappa shape index (κ2) is 7.97. The van der Waals surface area contributed by atoms with E-state index >= 15 is 0 Å². The van der Waals surface area contributed by atoms with Gasteiger partial charge in [0.1, 0.15) is 5.75 Å². The number of ether oxygens (including phenoxy) is 3. The molecule has 0 saturated heterocycles. The van der Waals surface area contributed by atoms with Crippen molar-refractivity contribution in [1.29, 1.82) is 0 Å². The topological polar surface area (TPSA) is 61.8 Å². The van der Waals surface area contributed by atoms with E-state index in [2.05, 4.69) is 4.74 Å². The van der Waals surface area contributed by atoms with E-state index in [1.54, 1.807) is 13.2 Å². The Kier molecular flexibility index (Phi) is 5.73. The van der Waals surface area contributed by atoms with Crippen molar-refractivity contribution in [2.75, 3.05) is 21.3 Å². The van der Waals surface area contributed by atoms with Gasteiger partial charge in [-0.15, -0.1) is 0 Å². The maximum Gasteiger partial charge on any atom is 0.339 e. The van der Waals surface area contributed by atoms with Gasteiger partial charge < -0.3 is 14.2 Å². The van der Waals surface area contributed by atoms with Gasteiger partial charge in [0.25, 0.3) is 0 Å². The predicted octanol–water partition coefficient (Wildman–Crippen LogP) is 3.34. The SMILES string of the molecule is COC(=O)C=Cc1cccc(-c2ccc(OC)cc2)c1C(=O)OC. The third-order valence-corrected chi connectivity index (χ3v) is 3.49. The predicted molar refractivity (Wildman–Crippen MR) is 90.8 cm³/mol. The van der Waals surface area contributed by atoms with E-state index in [0.717, 1.165) is 11.3 Å². The first-order valence-corrected chi connectivity index (χ1v) is 7.22. The van der Waals surface area contributed by atoms with Crippen molar-refractivity contribution < 1.29 is 23.8 Å². The molecule has 0 fully saturated rings. The molecular weight excluding hydrogens is 308 g/mol. The largest absolute Gasteiger partial charge is 0.497 e. The highest BCUT2D eigenvalue weighted by molar-refractivity contribution is 6.02. The van der Waals surface area contributed by atoms with Crippen LogP contribution in [0.2, 0.25) is 0 Å². The van der Waals surface area contributed by atoms with Crippen LogP contribution in [-0.4, -0.2) is 33.3 Å². The summed E-state index contributed by atoms with van der Waals surface area (Å²) in [5.74, 6) is -0.258. The van der Waals surface area contributed by atoms with Crippen LogP contribution in [0, 0.1) is 0 Å². The Hall–Kier alpha value is -3.08. The first kappa shape index (κ1) is 17.3. The second-order valence-electron chi connectivity index (χ2n) is 4.85. The monoisotopic (exact) mass is 326 g/mol. The van der Waals surface area contributed by atoms with Crippen LogP contribution < -0.4 is 4.74 Å². The van der Waals surface area contributed by atoms with Crippen LogP contribution in [0.1, 0.15) is 15.9 Å². The van der Waals surface area contributed by atoms with Gasteiger partial charge in [0, 0.05) is 6.08 Å². The van der Waals surface area contributed by atoms with E-state index in [0.29, 0.717) is 16.7 Å². The molecule has 0 saturated carbocycles. The number of hydrogen-bond donors (Lipinski definition) is 0. The molecule has 0 heterocycles. The summed E-state index contributed by atoms with van der Waals surface area (Å²) in [5, 5.41) is 0. The number of methoxy groups -OCH3 is 3. The van der Waals surface area contributed by atoms with Crippen LogP contribution in [0.15, 0.2) is 48.5 Å². The van der Waals surface area contributed by atoms with E-state index < -0.39 is 11.9 Å². The summed E-state index contributed by atoms with van der Waals surface area (Å²) in [4.78, 5) is 23.6. The number of benzene rings is 2. The van der Waals surface area contributed by atoms with Gasteiger partial charge in [-0.05, 0) is 34.9 Å². The quantitative estimate of drug-likeness (QED) is 0.623. The van der Waals surface area contributed by atoms with Crippen molar-refractivity contribution in [1.82, 2.24) is 0 Å². The highest BCUT2D eigenvalue weighted by Crippen LogP contribution is 2.29. The van der Waals surface area contributed by atoms with Crippen LogP contribution >= 0.6 is 0 Å². The average molecular weight is 326 g/mol. The summed E-state index contributed by atoms with van der Waals surface area (Å²) >= 11 is 0. The van der Waals surface area contributed by atoms with Gasteiger partial charge in [-0.1, -0.05) is 30.3 Å². The lowest BCUT2D eigenvalue weighted by Gasteiger charge is -2.12. The van der Waals surface area contributed by atoms with Crippen molar-refractivity contribution >= 4 is 18.0 Å². The normalized spacial score (nSPS) is 10.5. The third kappa shape index (κ3) is 3.81. The lowest BCUT2D eigenvalue weighted by molar-refractivity contribution is -0.134. The Morgan fingerprint density at radius 3 is 2.21 bits per heavy atom. The van der Waals surface area contributed by atoms with Crippen molar-refractivity contribution in [3.8, 4) is 16.9 Å². The van der Waals surface area contributed by atoms with Crippen LogP contribution in [0.3, 0.4) is 0 Å². The summed E-state index contributed by atoms with van der Waals surface area (Å²) in [6, 6.07) is 12.7. The van der Waals surface area contributed by atoms with E-state index in [9.17, 15) is 9.59 Å². The van der Waals surface area contributed by atoms with Crippen LogP contribution in [0.25, 0.3) is 17.2 Å². The standard InChI is InChI=1S/C19H18O5/c1-22-15-10-7-13(8-11-15)16-6-4-5-14(9-12-17(20)23-2)18(16)19(21)24-3/h4-12H,1-3H3. The fraction of sp³-hybridized carbons (Fsp3) is 0.158. The van der Waals surface area contributed by atoms with Crippen molar-refractivity contribution in [3.63, 3.8) is 0 Å². The summed E-state index contributed by atoms with van der Waals surface area (Å²) in [5.41, 5.74) is 2.49. The van der Waals surface area contributed by atoms with Gasteiger partial charge in [0.15, 0.2) is 0 Å². The highest BCUT2D eigenvalue weighted by Gasteiger charge is 2.17. The Bertz CT molecular complexity index is 760. The lowest BCUT2D eigenvalue weighted by atomic mass is 9.95. The Morgan fingerprint density at radius 1 is 0.917 bits per heavy atom. The first-order valence-electron chi connectivity index (χ1n) is 7.22. The maximum atomic E-state index is 12.3. The molecule has 0 aromatic heterocycles. The summed E-state index contributed by atoms with van der Waals surface area (Å²) in [6.45, 7) is 0. The molecule has 2 aromatic carbocycles. The zero-order valence-corrected chi connectivity index (χ0v) is 13.7. The van der Waals surface area contributed by atoms with Gasteiger partial charge >= 0.3 is 11.9 Å². The van der Waals surface area contributed by atoms with Gasteiger partial charge in [0.2, 0.25) is 0 Å². The highest BCUT2D eigenvalue weighted by atomic mass is 16.5. The molecule has 24 heavy (non-hydrogen) atoms. The molecule has 0 aliphatic heterocycles. The molecule has 0 spiro atoms. The van der Waals surface area contributed by atoms with E-state index in [-0.39, 0.29) is 0 Å². The fourth-order valence-corrected chi connectivity index (χ4v) is 2.28. The number of carbonyl (C=O) groups excluding carboxylic acids is 2. The molecular formula is C19H18O5. The number of carbonyl (C=O) groups is 2. The summed E-state index contributed by atoms with van der Waals surface area (Å²) in [7, 11) is 4.20. The van der Waals surface area contributed by atoms with Crippen LogP contribution in [0.5, 0.6) is 5.75 Å². The second-order valence-corrected chi connectivity index (χ2v) is 4.85. The molecule has 2 aromatic rings. The van der Waals surface area contributed by atoms with Crippen LogP contribution in [-0.2, 0) is 14.3 Å². The summed E-state index contributed by atoms with van der Waals surface area (Å²) < 4.78 is 14.6. The molecule has 0 atom stereocenters. The third-order valence-electron chi connectivity index (χ3n) is 3.49. The van der Waals surface area contributed by atoms with E-state index in [1.165, 1.54) is 26.4 Å².